The Morgan fingerprint density at radius 3 is 1.89 bits per heavy atom. The fourth-order valence-electron chi connectivity index (χ4n) is 3.90. The highest BCUT2D eigenvalue weighted by Gasteiger charge is 2.43. The topological polar surface area (TPSA) is 6.48 Å². The molecular weight excluding hydrogens is 248 g/mol. The van der Waals surface area contributed by atoms with Crippen LogP contribution in [0.25, 0.3) is 0 Å². The van der Waals surface area contributed by atoms with E-state index < -0.39 is 0 Å². The Labute approximate surface area is 122 Å². The highest BCUT2D eigenvalue weighted by Crippen LogP contribution is 2.36. The summed E-state index contributed by atoms with van der Waals surface area (Å²) in [5.74, 6) is 0.784. The van der Waals surface area contributed by atoms with Crippen molar-refractivity contribution in [2.24, 2.45) is 5.92 Å². The maximum absolute atomic E-state index is 4.14. The predicted octanol–water partition coefficient (Wildman–Crippen LogP) is 2.65. The average Bonchev–Trinajstić information content (AvgIpc) is 3.06. The van der Waals surface area contributed by atoms with E-state index in [9.17, 15) is 0 Å². The molecule has 2 nitrogen and oxygen atoms in total. The van der Waals surface area contributed by atoms with Gasteiger partial charge in [0, 0.05) is 9.52 Å². The number of hydrogen-bond acceptors (Lipinski definition) is 2. The molecule has 2 saturated heterocycles. The van der Waals surface area contributed by atoms with Crippen LogP contribution < -0.4 is 0 Å². The Balaban J connectivity index is 2.09. The van der Waals surface area contributed by atoms with E-state index in [2.05, 4.69) is 37.1 Å². The first-order valence-corrected chi connectivity index (χ1v) is 9.90. The summed E-state index contributed by atoms with van der Waals surface area (Å²) in [5, 5.41) is 1.47. The molecule has 1 unspecified atom stereocenters. The minimum absolute atomic E-state index is 0.0827. The molecule has 0 N–H and O–H groups in total. The van der Waals surface area contributed by atoms with Crippen molar-refractivity contribution in [2.75, 3.05) is 26.2 Å². The molecule has 0 aromatic carbocycles. The molecule has 2 fully saturated rings. The number of hydrogen-bond donors (Lipinski definition) is 0. The summed E-state index contributed by atoms with van der Waals surface area (Å²) in [6, 6.07) is 1.42. The third kappa shape index (κ3) is 3.31. The Kier molecular flexibility index (Phi) is 5.27. The van der Waals surface area contributed by atoms with E-state index in [0.717, 1.165) is 5.92 Å². The molecule has 2 aliphatic rings. The van der Waals surface area contributed by atoms with E-state index in [1.807, 2.05) is 0 Å². The summed E-state index contributed by atoms with van der Waals surface area (Å²) in [7, 11) is -0.0827. The molecule has 19 heavy (non-hydrogen) atoms. The van der Waals surface area contributed by atoms with Gasteiger partial charge >= 0.3 is 0 Å². The Morgan fingerprint density at radius 2 is 1.53 bits per heavy atom. The molecular formula is C16H32N2Si. The Hall–Kier alpha value is -0.123. The monoisotopic (exact) mass is 280 g/mol. The zero-order valence-corrected chi connectivity index (χ0v) is 14.7. The zero-order chi connectivity index (χ0) is 13.9. The van der Waals surface area contributed by atoms with Crippen LogP contribution in [0.15, 0.2) is 11.8 Å². The zero-order valence-electron chi connectivity index (χ0n) is 13.2. The van der Waals surface area contributed by atoms with Crippen molar-refractivity contribution in [3.05, 3.63) is 11.8 Å². The van der Waals surface area contributed by atoms with Gasteiger partial charge in [-0.3, -0.25) is 9.80 Å². The Bertz CT molecular complexity index is 288. The predicted molar refractivity (Wildman–Crippen MR) is 87.3 cm³/mol. The van der Waals surface area contributed by atoms with Crippen LogP contribution in [0.3, 0.4) is 0 Å². The smallest absolute Gasteiger partial charge is 0.0732 e. The average molecular weight is 281 g/mol. The highest BCUT2D eigenvalue weighted by molar-refractivity contribution is 6.44. The van der Waals surface area contributed by atoms with Gasteiger partial charge in [0.15, 0.2) is 0 Å². The molecule has 2 heterocycles. The normalized spacial score (nSPS) is 24.6. The lowest BCUT2D eigenvalue weighted by Gasteiger charge is -2.50. The molecule has 2 rings (SSSR count). The van der Waals surface area contributed by atoms with E-state index in [0.29, 0.717) is 5.66 Å². The summed E-state index contributed by atoms with van der Waals surface area (Å²) in [6.07, 6.45) is 5.59. The first-order chi connectivity index (χ1) is 9.05. The lowest BCUT2D eigenvalue weighted by Crippen LogP contribution is -2.60. The van der Waals surface area contributed by atoms with Crippen LogP contribution in [0, 0.1) is 5.92 Å². The van der Waals surface area contributed by atoms with Gasteiger partial charge in [0.05, 0.1) is 5.66 Å². The fourth-order valence-corrected chi connectivity index (χ4v) is 5.37. The van der Waals surface area contributed by atoms with Crippen LogP contribution in [0.5, 0.6) is 0 Å². The van der Waals surface area contributed by atoms with Gasteiger partial charge in [-0.2, -0.15) is 0 Å². The summed E-state index contributed by atoms with van der Waals surface area (Å²) >= 11 is 0. The van der Waals surface area contributed by atoms with Gasteiger partial charge in [0.1, 0.15) is 0 Å². The molecule has 0 spiro atoms. The molecule has 1 atom stereocenters. The number of nitrogens with zero attached hydrogens (tertiary/aromatic N) is 2. The summed E-state index contributed by atoms with van der Waals surface area (Å²) in [4.78, 5) is 5.58. The van der Waals surface area contributed by atoms with E-state index in [1.165, 1.54) is 63.1 Å². The van der Waals surface area contributed by atoms with Gasteiger partial charge in [-0.1, -0.05) is 18.2 Å². The van der Waals surface area contributed by atoms with Crippen molar-refractivity contribution in [1.82, 2.24) is 9.80 Å². The molecule has 0 bridgehead atoms. The summed E-state index contributed by atoms with van der Waals surface area (Å²) in [6.45, 7) is 16.6. The van der Waals surface area contributed by atoms with Crippen LogP contribution in [-0.2, 0) is 0 Å². The minimum atomic E-state index is -0.0827. The lowest BCUT2D eigenvalue weighted by molar-refractivity contribution is -0.0548. The van der Waals surface area contributed by atoms with E-state index >= 15 is 0 Å². The first-order valence-electron chi connectivity index (χ1n) is 8.19. The van der Waals surface area contributed by atoms with Crippen molar-refractivity contribution >= 4 is 9.52 Å². The van der Waals surface area contributed by atoms with Gasteiger partial charge in [-0.25, -0.2) is 0 Å². The van der Waals surface area contributed by atoms with Crippen LogP contribution in [0.2, 0.25) is 6.04 Å². The molecule has 110 valence electrons. The standard InChI is InChI=1S/C16H32N2Si/c1-14(2)19-13-15(3)16(4,17-9-5-6-10-17)18-11-7-8-12-18/h15H,1,5-13,19H2,2-4H3. The first kappa shape index (κ1) is 15.3. The quantitative estimate of drug-likeness (QED) is 0.690. The second kappa shape index (κ2) is 6.55. The summed E-state index contributed by atoms with van der Waals surface area (Å²) < 4.78 is 0. The second-order valence-corrected chi connectivity index (χ2v) is 9.16. The summed E-state index contributed by atoms with van der Waals surface area (Å²) in [5.41, 5.74) is 0.315. The van der Waals surface area contributed by atoms with Crippen molar-refractivity contribution in [2.45, 2.75) is 58.2 Å². The largest absolute Gasteiger partial charge is 0.285 e. The Morgan fingerprint density at radius 1 is 1.11 bits per heavy atom. The van der Waals surface area contributed by atoms with Crippen molar-refractivity contribution in [1.29, 1.82) is 0 Å². The fraction of sp³-hybridized carbons (Fsp3) is 0.875. The van der Waals surface area contributed by atoms with Gasteiger partial charge in [0.2, 0.25) is 0 Å². The molecule has 0 saturated carbocycles. The SMILES string of the molecule is C=C(C)[SiH2]CC(C)C(C)(N1CCCC1)N1CCCC1. The van der Waals surface area contributed by atoms with E-state index in [-0.39, 0.29) is 9.52 Å². The van der Waals surface area contributed by atoms with Crippen LogP contribution in [-0.4, -0.2) is 51.2 Å². The van der Waals surface area contributed by atoms with Crippen molar-refractivity contribution < 1.29 is 0 Å². The minimum Gasteiger partial charge on any atom is -0.285 e. The van der Waals surface area contributed by atoms with Crippen LogP contribution in [0.1, 0.15) is 46.5 Å². The molecule has 2 aliphatic heterocycles. The number of likely N-dealkylation sites (tertiary alicyclic amines) is 2. The highest BCUT2D eigenvalue weighted by atomic mass is 28.2. The molecule has 0 aromatic heterocycles. The van der Waals surface area contributed by atoms with Gasteiger partial charge in [0.25, 0.3) is 0 Å². The van der Waals surface area contributed by atoms with Crippen LogP contribution >= 0.6 is 0 Å². The van der Waals surface area contributed by atoms with E-state index in [1.54, 1.807) is 0 Å². The maximum atomic E-state index is 4.14. The second-order valence-electron chi connectivity index (χ2n) is 6.88. The maximum Gasteiger partial charge on any atom is 0.0732 e. The van der Waals surface area contributed by atoms with Gasteiger partial charge in [-0.15, -0.1) is 6.58 Å². The third-order valence-electron chi connectivity index (χ3n) is 5.43. The molecule has 0 radical (unpaired) electrons. The van der Waals surface area contributed by atoms with Crippen molar-refractivity contribution in [3.8, 4) is 0 Å². The molecule has 0 aromatic rings. The number of allylic oxidation sites excluding steroid dienone is 1. The molecule has 0 amide bonds. The van der Waals surface area contributed by atoms with Crippen LogP contribution in [0.4, 0.5) is 0 Å². The van der Waals surface area contributed by atoms with Crippen molar-refractivity contribution in [3.63, 3.8) is 0 Å². The molecule has 0 aliphatic carbocycles. The third-order valence-corrected chi connectivity index (χ3v) is 7.44. The van der Waals surface area contributed by atoms with Gasteiger partial charge in [-0.05, 0) is 71.6 Å². The van der Waals surface area contributed by atoms with Gasteiger partial charge < -0.3 is 0 Å². The molecule has 3 heteroatoms. The lowest BCUT2D eigenvalue weighted by atomic mass is 9.94. The van der Waals surface area contributed by atoms with E-state index in [4.69, 9.17) is 0 Å². The number of rotatable bonds is 6.